The molecule has 0 saturated heterocycles. The topological polar surface area (TPSA) is 55.4 Å². The zero-order valence-corrected chi connectivity index (χ0v) is 11.1. The molecule has 4 nitrogen and oxygen atoms in total. The van der Waals surface area contributed by atoms with Crippen molar-refractivity contribution in [2.24, 2.45) is 0 Å². The molecule has 0 saturated carbocycles. The van der Waals surface area contributed by atoms with Gasteiger partial charge >= 0.3 is 5.97 Å². The summed E-state index contributed by atoms with van der Waals surface area (Å²) in [6.07, 6.45) is 1.31. The predicted molar refractivity (Wildman–Crippen MR) is 62.5 cm³/mol. The lowest BCUT2D eigenvalue weighted by Gasteiger charge is -2.20. The summed E-state index contributed by atoms with van der Waals surface area (Å²) < 4.78 is 16.9. The molecular weight excluding hydrogens is 213 g/mol. The van der Waals surface area contributed by atoms with Gasteiger partial charge in [-0.3, -0.25) is 9.88 Å². The van der Waals surface area contributed by atoms with Crippen molar-refractivity contribution < 1.29 is 14.1 Å². The minimum absolute atomic E-state index is 0.135. The summed E-state index contributed by atoms with van der Waals surface area (Å²) in [5, 5.41) is 2.84. The van der Waals surface area contributed by atoms with E-state index in [1.54, 1.807) is 27.4 Å². The van der Waals surface area contributed by atoms with Crippen molar-refractivity contribution in [2.45, 2.75) is 46.3 Å². The number of hydrogen-bond donors (Lipinski definition) is 1. The molecule has 0 aliphatic rings. The first-order valence-electron chi connectivity index (χ1n) is 5.33. The Bertz CT molecular complexity index is 253. The van der Waals surface area contributed by atoms with Crippen LogP contribution >= 0.6 is 7.29 Å². The van der Waals surface area contributed by atoms with Crippen molar-refractivity contribution in [1.82, 2.24) is 5.09 Å². The average molecular weight is 235 g/mol. The fraction of sp³-hybridized carbons (Fsp3) is 0.900. The maximum atomic E-state index is 11.9. The Hall–Kier alpha value is -0.340. The number of rotatable bonds is 6. The summed E-state index contributed by atoms with van der Waals surface area (Å²) >= 11 is 0. The van der Waals surface area contributed by atoms with Crippen LogP contribution in [0.15, 0.2) is 0 Å². The highest BCUT2D eigenvalue weighted by Gasteiger charge is 2.23. The third kappa shape index (κ3) is 6.69. The van der Waals surface area contributed by atoms with E-state index in [9.17, 15) is 9.36 Å². The van der Waals surface area contributed by atoms with Gasteiger partial charge in [0.15, 0.2) is 0 Å². The third-order valence-electron chi connectivity index (χ3n) is 1.82. The Labute approximate surface area is 92.2 Å². The molecule has 0 amide bonds. The zero-order chi connectivity index (χ0) is 12.1. The third-order valence-corrected chi connectivity index (χ3v) is 4.06. The highest BCUT2D eigenvalue weighted by atomic mass is 31.2. The molecule has 0 aliphatic heterocycles. The van der Waals surface area contributed by atoms with Crippen LogP contribution in [0.25, 0.3) is 0 Å². The van der Waals surface area contributed by atoms with Gasteiger partial charge in [0.2, 0.25) is 0 Å². The van der Waals surface area contributed by atoms with Crippen molar-refractivity contribution >= 4 is 13.3 Å². The predicted octanol–water partition coefficient (Wildman–Crippen LogP) is 2.23. The van der Waals surface area contributed by atoms with Gasteiger partial charge in [-0.2, -0.15) is 0 Å². The van der Waals surface area contributed by atoms with Crippen LogP contribution in [0.1, 0.15) is 34.1 Å². The molecule has 90 valence electrons. The number of carbonyl (C=O) groups is 1. The highest BCUT2D eigenvalue weighted by Crippen LogP contribution is 2.37. The fourth-order valence-electron chi connectivity index (χ4n) is 1.29. The quantitative estimate of drug-likeness (QED) is 0.566. The fourth-order valence-corrected chi connectivity index (χ4v) is 3.20. The standard InChI is InChI=1S/C10H22NO3P/c1-6-7-15(5,13)11-9(4)10(12)14-8(2)3/h8-9H,6-7H2,1-5H3,(H,11,13)/t9?,15-/m0/s1. The van der Waals surface area contributed by atoms with Gasteiger partial charge in [0.05, 0.1) is 6.10 Å². The molecule has 1 N–H and O–H groups in total. The summed E-state index contributed by atoms with van der Waals surface area (Å²) in [4.78, 5) is 11.4. The van der Waals surface area contributed by atoms with Gasteiger partial charge in [0.25, 0.3) is 0 Å². The van der Waals surface area contributed by atoms with Crippen molar-refractivity contribution in [3.05, 3.63) is 0 Å². The van der Waals surface area contributed by atoms with E-state index in [2.05, 4.69) is 5.09 Å². The van der Waals surface area contributed by atoms with Gasteiger partial charge in [-0.15, -0.1) is 0 Å². The SMILES string of the molecule is CCC[P@](C)(=O)NC(C)C(=O)OC(C)C. The number of hydrogen-bond acceptors (Lipinski definition) is 3. The molecule has 0 radical (unpaired) electrons. The van der Waals surface area contributed by atoms with Crippen molar-refractivity contribution in [3.8, 4) is 0 Å². The van der Waals surface area contributed by atoms with Crippen molar-refractivity contribution in [2.75, 3.05) is 12.8 Å². The summed E-state index contributed by atoms with van der Waals surface area (Å²) in [5.74, 6) is -0.344. The van der Waals surface area contributed by atoms with Crippen LogP contribution in [0, 0.1) is 0 Å². The molecule has 1 unspecified atom stereocenters. The lowest BCUT2D eigenvalue weighted by atomic mass is 10.4. The second kappa shape index (κ2) is 6.29. The minimum atomic E-state index is -2.40. The van der Waals surface area contributed by atoms with Crippen LogP contribution in [0.4, 0.5) is 0 Å². The van der Waals surface area contributed by atoms with E-state index in [4.69, 9.17) is 4.74 Å². The average Bonchev–Trinajstić information content (AvgIpc) is 2.01. The van der Waals surface area contributed by atoms with Crippen LogP contribution < -0.4 is 5.09 Å². The highest BCUT2D eigenvalue weighted by molar-refractivity contribution is 7.61. The Kier molecular flexibility index (Phi) is 6.15. The zero-order valence-electron chi connectivity index (χ0n) is 10.2. The molecular formula is C10H22NO3P. The first-order valence-corrected chi connectivity index (χ1v) is 7.67. The van der Waals surface area contributed by atoms with Crippen LogP contribution in [0.3, 0.4) is 0 Å². The molecule has 0 spiro atoms. The number of esters is 1. The molecule has 0 fully saturated rings. The van der Waals surface area contributed by atoms with E-state index in [0.717, 1.165) is 6.42 Å². The summed E-state index contributed by atoms with van der Waals surface area (Å²) in [6.45, 7) is 8.89. The smallest absolute Gasteiger partial charge is 0.323 e. The number of nitrogens with one attached hydrogen (secondary N) is 1. The van der Waals surface area contributed by atoms with E-state index in [0.29, 0.717) is 6.16 Å². The Morgan fingerprint density at radius 3 is 2.33 bits per heavy atom. The van der Waals surface area contributed by atoms with Gasteiger partial charge in [-0.05, 0) is 27.2 Å². The van der Waals surface area contributed by atoms with Crippen LogP contribution in [-0.4, -0.2) is 30.9 Å². The second-order valence-electron chi connectivity index (χ2n) is 4.16. The van der Waals surface area contributed by atoms with Crippen molar-refractivity contribution in [1.29, 1.82) is 0 Å². The number of carbonyl (C=O) groups excluding carboxylic acids is 1. The largest absolute Gasteiger partial charge is 0.462 e. The van der Waals surface area contributed by atoms with Gasteiger partial charge in [-0.1, -0.05) is 6.92 Å². The molecule has 0 rings (SSSR count). The van der Waals surface area contributed by atoms with E-state index >= 15 is 0 Å². The van der Waals surface area contributed by atoms with E-state index in [1.807, 2.05) is 6.92 Å². The molecule has 15 heavy (non-hydrogen) atoms. The monoisotopic (exact) mass is 235 g/mol. The normalized spacial score (nSPS) is 17.2. The minimum Gasteiger partial charge on any atom is -0.462 e. The maximum Gasteiger partial charge on any atom is 0.323 e. The van der Waals surface area contributed by atoms with Crippen LogP contribution in [0.5, 0.6) is 0 Å². The van der Waals surface area contributed by atoms with E-state index in [-0.39, 0.29) is 12.1 Å². The van der Waals surface area contributed by atoms with Crippen molar-refractivity contribution in [3.63, 3.8) is 0 Å². The van der Waals surface area contributed by atoms with Gasteiger partial charge < -0.3 is 9.30 Å². The second-order valence-corrected chi connectivity index (χ2v) is 7.07. The van der Waals surface area contributed by atoms with E-state index < -0.39 is 13.3 Å². The summed E-state index contributed by atoms with van der Waals surface area (Å²) in [5.41, 5.74) is 0. The maximum absolute atomic E-state index is 11.9. The van der Waals surface area contributed by atoms with Gasteiger partial charge in [-0.25, -0.2) is 0 Å². The Morgan fingerprint density at radius 1 is 1.40 bits per heavy atom. The summed E-state index contributed by atoms with van der Waals surface area (Å²) in [7, 11) is -2.40. The Balaban J connectivity index is 4.17. The molecule has 2 atom stereocenters. The van der Waals surface area contributed by atoms with Gasteiger partial charge in [0, 0.05) is 12.8 Å². The first-order chi connectivity index (χ1) is 6.78. The molecule has 0 heterocycles. The van der Waals surface area contributed by atoms with E-state index in [1.165, 1.54) is 0 Å². The Morgan fingerprint density at radius 2 is 1.93 bits per heavy atom. The van der Waals surface area contributed by atoms with Gasteiger partial charge in [0.1, 0.15) is 13.3 Å². The lowest BCUT2D eigenvalue weighted by molar-refractivity contribution is -0.148. The molecule has 5 heteroatoms. The number of ether oxygens (including phenoxy) is 1. The molecule has 0 aliphatic carbocycles. The molecule has 0 aromatic carbocycles. The molecule has 0 bridgehead atoms. The summed E-state index contributed by atoms with van der Waals surface area (Å²) in [6, 6.07) is -0.505. The molecule has 0 aromatic rings. The van der Waals surface area contributed by atoms with Crippen LogP contribution in [-0.2, 0) is 14.1 Å². The molecule has 0 aromatic heterocycles. The van der Waals surface area contributed by atoms with Crippen LogP contribution in [0.2, 0.25) is 0 Å². The lowest BCUT2D eigenvalue weighted by Crippen LogP contribution is -2.35. The first kappa shape index (κ1) is 14.7.